The molecule has 5 heteroatoms. The molecule has 1 N–H and O–H groups in total. The summed E-state index contributed by atoms with van der Waals surface area (Å²) < 4.78 is 6.21. The summed E-state index contributed by atoms with van der Waals surface area (Å²) in [6.45, 7) is 8.51. The van der Waals surface area contributed by atoms with Crippen LogP contribution < -0.4 is 5.32 Å². The van der Waals surface area contributed by atoms with Crippen LogP contribution >= 0.6 is 0 Å². The Kier molecular flexibility index (Phi) is 5.89. The van der Waals surface area contributed by atoms with Crippen molar-refractivity contribution in [3.05, 3.63) is 35.4 Å². The maximum atomic E-state index is 13.5. The molecule has 1 aliphatic heterocycles. The van der Waals surface area contributed by atoms with Gasteiger partial charge in [0.25, 0.3) is 5.91 Å². The van der Waals surface area contributed by atoms with Crippen molar-refractivity contribution in [2.75, 3.05) is 6.61 Å². The second kappa shape index (κ2) is 8.01. The van der Waals surface area contributed by atoms with Gasteiger partial charge in [0, 0.05) is 11.6 Å². The van der Waals surface area contributed by atoms with E-state index in [-0.39, 0.29) is 24.5 Å². The molecule has 0 unspecified atom stereocenters. The van der Waals surface area contributed by atoms with Gasteiger partial charge >= 0.3 is 0 Å². The fourth-order valence-electron chi connectivity index (χ4n) is 4.14. The third-order valence-electron chi connectivity index (χ3n) is 6.10. The number of hydrogen-bond acceptors (Lipinski definition) is 3. The second-order valence-corrected chi connectivity index (χ2v) is 8.32. The van der Waals surface area contributed by atoms with Crippen LogP contribution in [0, 0.1) is 12.8 Å². The first-order chi connectivity index (χ1) is 12.9. The van der Waals surface area contributed by atoms with Gasteiger partial charge in [0.05, 0.1) is 6.61 Å². The van der Waals surface area contributed by atoms with E-state index in [0.717, 1.165) is 37.7 Å². The molecular weight excluding hydrogens is 340 g/mol. The summed E-state index contributed by atoms with van der Waals surface area (Å²) in [4.78, 5) is 28.2. The Morgan fingerprint density at radius 2 is 2.04 bits per heavy atom. The number of rotatable bonds is 4. The largest absolute Gasteiger partial charge is 0.353 e. The lowest BCUT2D eigenvalue weighted by Crippen LogP contribution is -2.57. The minimum absolute atomic E-state index is 0.0800. The van der Waals surface area contributed by atoms with Crippen LogP contribution in [0.1, 0.15) is 68.8 Å². The molecule has 2 fully saturated rings. The van der Waals surface area contributed by atoms with Gasteiger partial charge in [0.2, 0.25) is 5.91 Å². The van der Waals surface area contributed by atoms with E-state index in [1.165, 1.54) is 0 Å². The fraction of sp³-hybridized carbons (Fsp3) is 0.636. The van der Waals surface area contributed by atoms with E-state index in [9.17, 15) is 9.59 Å². The molecule has 1 saturated carbocycles. The van der Waals surface area contributed by atoms with E-state index in [2.05, 4.69) is 12.2 Å². The van der Waals surface area contributed by atoms with Gasteiger partial charge in [-0.3, -0.25) is 14.5 Å². The topological polar surface area (TPSA) is 58.6 Å². The van der Waals surface area contributed by atoms with Crippen LogP contribution in [0.25, 0.3) is 0 Å². The minimum atomic E-state index is -0.648. The van der Waals surface area contributed by atoms with E-state index >= 15 is 0 Å². The minimum Gasteiger partial charge on any atom is -0.353 e. The predicted molar refractivity (Wildman–Crippen MR) is 105 cm³/mol. The van der Waals surface area contributed by atoms with Gasteiger partial charge in [-0.05, 0) is 64.0 Å². The highest BCUT2D eigenvalue weighted by molar-refractivity contribution is 5.98. The Hall–Kier alpha value is -1.88. The normalized spacial score (nSPS) is 29.0. The molecule has 1 spiro atoms. The first kappa shape index (κ1) is 19.9. The zero-order chi connectivity index (χ0) is 19.6. The van der Waals surface area contributed by atoms with Crippen molar-refractivity contribution in [2.24, 2.45) is 5.92 Å². The number of nitrogens with zero attached hydrogens (tertiary/aromatic N) is 1. The first-order valence-electron chi connectivity index (χ1n) is 10.2. The maximum Gasteiger partial charge on any atom is 0.256 e. The molecule has 5 nitrogen and oxygen atoms in total. The lowest BCUT2D eigenvalue weighted by Gasteiger charge is -2.43. The van der Waals surface area contributed by atoms with Gasteiger partial charge < -0.3 is 10.1 Å². The molecule has 148 valence electrons. The maximum absolute atomic E-state index is 13.5. The van der Waals surface area contributed by atoms with Gasteiger partial charge in [-0.1, -0.05) is 31.5 Å². The summed E-state index contributed by atoms with van der Waals surface area (Å²) in [5, 5.41) is 3.04. The number of carbonyl (C=O) groups is 2. The zero-order valence-corrected chi connectivity index (χ0v) is 17.0. The van der Waals surface area contributed by atoms with Crippen LogP contribution in [0.2, 0.25) is 0 Å². The average Bonchev–Trinajstić information content (AvgIpc) is 3.02. The van der Waals surface area contributed by atoms with E-state index in [1.54, 1.807) is 4.90 Å². The number of amides is 2. The number of nitrogens with one attached hydrogen (secondary N) is 1. The van der Waals surface area contributed by atoms with E-state index in [4.69, 9.17) is 4.74 Å². The second-order valence-electron chi connectivity index (χ2n) is 8.32. The van der Waals surface area contributed by atoms with Gasteiger partial charge in [0.1, 0.15) is 11.8 Å². The molecular formula is C22H32N2O3. The fourth-order valence-corrected chi connectivity index (χ4v) is 4.14. The van der Waals surface area contributed by atoms with E-state index < -0.39 is 11.8 Å². The molecule has 2 aliphatic rings. The Balaban J connectivity index is 1.92. The molecule has 0 bridgehead atoms. The highest BCUT2D eigenvalue weighted by Gasteiger charge is 2.53. The predicted octanol–water partition coefficient (Wildman–Crippen LogP) is 3.66. The lowest BCUT2D eigenvalue weighted by molar-refractivity contribution is -0.128. The van der Waals surface area contributed by atoms with E-state index in [1.807, 2.05) is 45.0 Å². The molecule has 0 aromatic heterocycles. The molecule has 27 heavy (non-hydrogen) atoms. The van der Waals surface area contributed by atoms with E-state index in [0.29, 0.717) is 11.5 Å². The molecule has 1 heterocycles. The smallest absolute Gasteiger partial charge is 0.256 e. The third-order valence-corrected chi connectivity index (χ3v) is 6.10. The van der Waals surface area contributed by atoms with Crippen LogP contribution in [0.15, 0.2) is 24.3 Å². The van der Waals surface area contributed by atoms with Crippen LogP contribution in [0.3, 0.4) is 0 Å². The van der Waals surface area contributed by atoms with Crippen LogP contribution in [0.5, 0.6) is 0 Å². The van der Waals surface area contributed by atoms with Gasteiger partial charge in [-0.25, -0.2) is 0 Å². The highest BCUT2D eigenvalue weighted by atomic mass is 16.5. The number of ether oxygens (including phenoxy) is 1. The average molecular weight is 373 g/mol. The van der Waals surface area contributed by atoms with Crippen molar-refractivity contribution < 1.29 is 14.3 Å². The molecule has 1 aromatic carbocycles. The standard InChI is InChI=1S/C22H32N2O3/c1-5-17(4)23-20(25)19-14-27-22(11-9-15(2)10-12-22)24(19)21(26)18-8-6-7-16(3)13-18/h6-8,13,15,17,19H,5,9-12,14H2,1-4H3,(H,23,25)/t15?,17-,19-,22?/m1/s1. The number of aryl methyl sites for hydroxylation is 1. The Labute approximate surface area is 162 Å². The number of carbonyl (C=O) groups excluding carboxylic acids is 2. The SMILES string of the molecule is CC[C@@H](C)NC(=O)[C@H]1COC2(CCC(C)CC2)N1C(=O)c1cccc(C)c1. The molecule has 1 aliphatic carbocycles. The highest BCUT2D eigenvalue weighted by Crippen LogP contribution is 2.43. The van der Waals surface area contributed by atoms with Crippen molar-refractivity contribution in [3.63, 3.8) is 0 Å². The van der Waals surface area contributed by atoms with Gasteiger partial charge in [0.15, 0.2) is 0 Å². The molecule has 1 saturated heterocycles. The van der Waals surface area contributed by atoms with Crippen molar-refractivity contribution in [3.8, 4) is 0 Å². The van der Waals surface area contributed by atoms with Crippen LogP contribution in [0.4, 0.5) is 0 Å². The zero-order valence-electron chi connectivity index (χ0n) is 17.0. The van der Waals surface area contributed by atoms with Gasteiger partial charge in [-0.2, -0.15) is 0 Å². The number of hydrogen-bond donors (Lipinski definition) is 1. The number of benzene rings is 1. The molecule has 2 amide bonds. The molecule has 1 aromatic rings. The van der Waals surface area contributed by atoms with Crippen molar-refractivity contribution >= 4 is 11.8 Å². The summed E-state index contributed by atoms with van der Waals surface area (Å²) in [6.07, 6.45) is 4.46. The first-order valence-corrected chi connectivity index (χ1v) is 10.2. The molecule has 0 radical (unpaired) electrons. The summed E-state index contributed by atoms with van der Waals surface area (Å²) >= 11 is 0. The van der Waals surface area contributed by atoms with Crippen molar-refractivity contribution in [1.82, 2.24) is 10.2 Å². The van der Waals surface area contributed by atoms with Crippen molar-refractivity contribution in [2.45, 2.75) is 77.6 Å². The summed E-state index contributed by atoms with van der Waals surface area (Å²) in [5.74, 6) is 0.416. The van der Waals surface area contributed by atoms with Crippen LogP contribution in [-0.2, 0) is 9.53 Å². The third kappa shape index (κ3) is 4.03. The van der Waals surface area contributed by atoms with Crippen LogP contribution in [-0.4, -0.2) is 41.1 Å². The summed E-state index contributed by atoms with van der Waals surface area (Å²) in [7, 11) is 0. The quantitative estimate of drug-likeness (QED) is 0.877. The Bertz CT molecular complexity index is 695. The summed E-state index contributed by atoms with van der Waals surface area (Å²) in [5.41, 5.74) is 1.01. The monoisotopic (exact) mass is 372 g/mol. The lowest BCUT2D eigenvalue weighted by atomic mass is 9.83. The Morgan fingerprint density at radius 1 is 1.33 bits per heavy atom. The van der Waals surface area contributed by atoms with Gasteiger partial charge in [-0.15, -0.1) is 0 Å². The molecule has 3 rings (SSSR count). The van der Waals surface area contributed by atoms with Crippen molar-refractivity contribution in [1.29, 1.82) is 0 Å². The summed E-state index contributed by atoms with van der Waals surface area (Å²) in [6, 6.07) is 7.10. The Morgan fingerprint density at radius 3 is 2.67 bits per heavy atom. The molecule has 2 atom stereocenters.